The predicted molar refractivity (Wildman–Crippen MR) is 101 cm³/mol. The number of benzene rings is 1. The smallest absolute Gasteiger partial charge is 0.310 e. The molecule has 0 spiro atoms. The van der Waals surface area contributed by atoms with E-state index in [4.69, 9.17) is 4.74 Å². The molecule has 0 radical (unpaired) electrons. The SMILES string of the molecule is CC.CC(C)c1cc(CO)cc(C(C)C)c1CC(=O)OC(C)(C)C. The third kappa shape index (κ3) is 7.04. The maximum Gasteiger partial charge on any atom is 0.310 e. The molecule has 0 fully saturated rings. The highest BCUT2D eigenvalue weighted by atomic mass is 16.6. The van der Waals surface area contributed by atoms with E-state index >= 15 is 0 Å². The first-order valence-electron chi connectivity index (χ1n) is 9.03. The van der Waals surface area contributed by atoms with Crippen LogP contribution in [0.5, 0.6) is 0 Å². The highest BCUT2D eigenvalue weighted by Gasteiger charge is 2.22. The molecular weight excluding hydrogens is 300 g/mol. The lowest BCUT2D eigenvalue weighted by atomic mass is 9.85. The summed E-state index contributed by atoms with van der Waals surface area (Å²) in [6.45, 7) is 18.1. The number of carbonyl (C=O) groups excluding carboxylic acids is 1. The monoisotopic (exact) mass is 336 g/mol. The molecule has 3 nitrogen and oxygen atoms in total. The first kappa shape index (κ1) is 22.6. The van der Waals surface area contributed by atoms with E-state index in [9.17, 15) is 9.90 Å². The molecule has 1 N–H and O–H groups in total. The summed E-state index contributed by atoms with van der Waals surface area (Å²) in [4.78, 5) is 12.3. The maximum absolute atomic E-state index is 12.3. The van der Waals surface area contributed by atoms with Gasteiger partial charge in [-0.25, -0.2) is 0 Å². The van der Waals surface area contributed by atoms with Crippen molar-refractivity contribution in [3.05, 3.63) is 34.4 Å². The molecule has 24 heavy (non-hydrogen) atoms. The summed E-state index contributed by atoms with van der Waals surface area (Å²) in [6, 6.07) is 4.02. The lowest BCUT2D eigenvalue weighted by Crippen LogP contribution is -2.25. The van der Waals surface area contributed by atoms with Gasteiger partial charge in [0, 0.05) is 0 Å². The third-order valence-corrected chi connectivity index (χ3v) is 3.55. The van der Waals surface area contributed by atoms with E-state index < -0.39 is 5.60 Å². The number of hydrogen-bond acceptors (Lipinski definition) is 3. The van der Waals surface area contributed by atoms with Gasteiger partial charge in [-0.15, -0.1) is 0 Å². The molecule has 0 saturated heterocycles. The van der Waals surface area contributed by atoms with E-state index in [1.54, 1.807) is 0 Å². The van der Waals surface area contributed by atoms with Crippen LogP contribution in [0.25, 0.3) is 0 Å². The molecule has 0 amide bonds. The summed E-state index contributed by atoms with van der Waals surface area (Å²) < 4.78 is 5.48. The van der Waals surface area contributed by atoms with Gasteiger partial charge in [0.15, 0.2) is 0 Å². The number of ether oxygens (including phenoxy) is 1. The molecule has 0 atom stereocenters. The summed E-state index contributed by atoms with van der Waals surface area (Å²) in [5.74, 6) is 0.385. The normalized spacial score (nSPS) is 11.3. The van der Waals surface area contributed by atoms with Crippen LogP contribution in [0, 0.1) is 0 Å². The first-order valence-corrected chi connectivity index (χ1v) is 9.03. The maximum atomic E-state index is 12.3. The lowest BCUT2D eigenvalue weighted by Gasteiger charge is -2.23. The van der Waals surface area contributed by atoms with Crippen molar-refractivity contribution in [1.29, 1.82) is 0 Å². The number of hydrogen-bond donors (Lipinski definition) is 1. The van der Waals surface area contributed by atoms with Crippen LogP contribution in [0.1, 0.15) is 96.4 Å². The van der Waals surface area contributed by atoms with E-state index in [1.807, 2.05) is 46.8 Å². The summed E-state index contributed by atoms with van der Waals surface area (Å²) in [5, 5.41) is 9.48. The Morgan fingerprint density at radius 1 is 1.04 bits per heavy atom. The fourth-order valence-corrected chi connectivity index (χ4v) is 2.63. The Hall–Kier alpha value is -1.35. The molecule has 0 saturated carbocycles. The summed E-state index contributed by atoms with van der Waals surface area (Å²) in [5.41, 5.74) is 3.73. The first-order chi connectivity index (χ1) is 11.0. The Labute approximate surface area is 148 Å². The van der Waals surface area contributed by atoms with Crippen LogP contribution < -0.4 is 0 Å². The van der Waals surface area contributed by atoms with Gasteiger partial charge in [0.05, 0.1) is 13.0 Å². The van der Waals surface area contributed by atoms with Crippen molar-refractivity contribution in [1.82, 2.24) is 0 Å². The molecule has 3 heteroatoms. The van der Waals surface area contributed by atoms with E-state index in [0.717, 1.165) is 22.3 Å². The van der Waals surface area contributed by atoms with Crippen molar-refractivity contribution in [3.63, 3.8) is 0 Å². The van der Waals surface area contributed by atoms with Crippen LogP contribution in [0.2, 0.25) is 0 Å². The van der Waals surface area contributed by atoms with Gasteiger partial charge in [-0.3, -0.25) is 4.79 Å². The van der Waals surface area contributed by atoms with E-state index in [-0.39, 0.29) is 19.0 Å². The van der Waals surface area contributed by atoms with Gasteiger partial charge in [0.25, 0.3) is 0 Å². The Morgan fingerprint density at radius 2 is 1.46 bits per heavy atom. The van der Waals surface area contributed by atoms with Crippen LogP contribution in [0.3, 0.4) is 0 Å². The Balaban J connectivity index is 0.00000254. The number of carbonyl (C=O) groups is 1. The third-order valence-electron chi connectivity index (χ3n) is 3.55. The van der Waals surface area contributed by atoms with Gasteiger partial charge in [-0.2, -0.15) is 0 Å². The molecule has 0 heterocycles. The van der Waals surface area contributed by atoms with Gasteiger partial charge in [0.2, 0.25) is 0 Å². The molecule has 1 rings (SSSR count). The lowest BCUT2D eigenvalue weighted by molar-refractivity contribution is -0.153. The minimum absolute atomic E-state index is 0.0200. The zero-order valence-electron chi connectivity index (χ0n) is 17.0. The molecule has 0 aliphatic heterocycles. The average Bonchev–Trinajstić information content (AvgIpc) is 2.46. The van der Waals surface area contributed by atoms with Crippen LogP contribution in [-0.4, -0.2) is 16.7 Å². The molecular formula is C21H36O3. The Bertz CT molecular complexity index is 493. The van der Waals surface area contributed by atoms with Crippen LogP contribution in [0.4, 0.5) is 0 Å². The summed E-state index contributed by atoms with van der Waals surface area (Å²) in [7, 11) is 0. The zero-order chi connectivity index (χ0) is 19.1. The van der Waals surface area contributed by atoms with Gasteiger partial charge < -0.3 is 9.84 Å². The Kier molecular flexibility index (Phi) is 9.27. The van der Waals surface area contributed by atoms with E-state index in [2.05, 4.69) is 27.7 Å². The van der Waals surface area contributed by atoms with Gasteiger partial charge in [0.1, 0.15) is 5.60 Å². The largest absolute Gasteiger partial charge is 0.460 e. The second kappa shape index (κ2) is 9.83. The van der Waals surface area contributed by atoms with Crippen molar-refractivity contribution >= 4 is 5.97 Å². The molecule has 1 aromatic rings. The molecule has 0 unspecified atom stereocenters. The number of rotatable bonds is 5. The fourth-order valence-electron chi connectivity index (χ4n) is 2.63. The van der Waals surface area contributed by atoms with Crippen LogP contribution in [-0.2, 0) is 22.6 Å². The van der Waals surface area contributed by atoms with Crippen LogP contribution in [0.15, 0.2) is 12.1 Å². The fraction of sp³-hybridized carbons (Fsp3) is 0.667. The van der Waals surface area contributed by atoms with Crippen molar-refractivity contribution in [2.75, 3.05) is 0 Å². The quantitative estimate of drug-likeness (QED) is 0.739. The second-order valence-electron chi connectivity index (χ2n) is 7.48. The second-order valence-corrected chi connectivity index (χ2v) is 7.48. The van der Waals surface area contributed by atoms with E-state index in [1.165, 1.54) is 0 Å². The predicted octanol–water partition coefficient (Wildman–Crippen LogP) is 5.34. The standard InChI is InChI=1S/C19H30O3.C2H6/c1-12(2)15-8-14(11-20)9-16(13(3)4)17(15)10-18(21)22-19(5,6)7;1-2/h8-9,12-13,20H,10-11H2,1-7H3;1-2H3. The molecule has 0 bridgehead atoms. The molecule has 0 aromatic heterocycles. The molecule has 1 aromatic carbocycles. The average molecular weight is 337 g/mol. The van der Waals surface area contributed by atoms with Crippen LogP contribution >= 0.6 is 0 Å². The van der Waals surface area contributed by atoms with Gasteiger partial charge in [-0.05, 0) is 54.9 Å². The molecule has 0 aliphatic rings. The number of aliphatic hydroxyl groups is 1. The highest BCUT2D eigenvalue weighted by molar-refractivity contribution is 5.74. The molecule has 138 valence electrons. The van der Waals surface area contributed by atoms with Crippen molar-refractivity contribution in [3.8, 4) is 0 Å². The van der Waals surface area contributed by atoms with Gasteiger partial charge in [-0.1, -0.05) is 53.7 Å². The number of aliphatic hydroxyl groups excluding tert-OH is 1. The highest BCUT2D eigenvalue weighted by Crippen LogP contribution is 2.30. The van der Waals surface area contributed by atoms with E-state index in [0.29, 0.717) is 11.8 Å². The van der Waals surface area contributed by atoms with Crippen molar-refractivity contribution in [2.45, 2.75) is 92.8 Å². The summed E-state index contributed by atoms with van der Waals surface area (Å²) >= 11 is 0. The minimum atomic E-state index is -0.474. The summed E-state index contributed by atoms with van der Waals surface area (Å²) in [6.07, 6.45) is 0.282. The van der Waals surface area contributed by atoms with Crippen molar-refractivity contribution < 1.29 is 14.6 Å². The van der Waals surface area contributed by atoms with Crippen molar-refractivity contribution in [2.24, 2.45) is 0 Å². The minimum Gasteiger partial charge on any atom is -0.460 e. The molecule has 0 aliphatic carbocycles. The zero-order valence-corrected chi connectivity index (χ0v) is 17.0. The van der Waals surface area contributed by atoms with Gasteiger partial charge >= 0.3 is 5.97 Å². The number of esters is 1. The Morgan fingerprint density at radius 3 is 1.75 bits per heavy atom. The topological polar surface area (TPSA) is 46.5 Å².